The molecular formula is C18H19ClF2N2O2S. The second-order valence-corrected chi connectivity index (χ2v) is 8.75. The summed E-state index contributed by atoms with van der Waals surface area (Å²) in [7, 11) is -2.36. The van der Waals surface area contributed by atoms with E-state index >= 15 is 0 Å². The van der Waals surface area contributed by atoms with Gasteiger partial charge in [-0.05, 0) is 48.7 Å². The largest absolute Gasteiger partial charge is 0.282 e. The Bertz CT molecular complexity index is 891. The SMILES string of the molecule is CN(Cc1ccc(Cl)cc1)S(=O)(=O)N1CCCC1c1cc(F)ccc1F. The fraction of sp³-hybridized carbons (Fsp3) is 0.333. The van der Waals surface area contributed by atoms with Gasteiger partial charge in [-0.25, -0.2) is 8.78 Å². The van der Waals surface area contributed by atoms with E-state index in [0.29, 0.717) is 17.9 Å². The van der Waals surface area contributed by atoms with Crippen LogP contribution in [-0.2, 0) is 16.8 Å². The van der Waals surface area contributed by atoms with Gasteiger partial charge in [-0.2, -0.15) is 17.0 Å². The van der Waals surface area contributed by atoms with Crippen molar-refractivity contribution in [2.45, 2.75) is 25.4 Å². The van der Waals surface area contributed by atoms with Crippen LogP contribution in [0, 0.1) is 11.6 Å². The third kappa shape index (κ3) is 3.91. The zero-order valence-electron chi connectivity index (χ0n) is 14.2. The second-order valence-electron chi connectivity index (χ2n) is 6.32. The first kappa shape index (κ1) is 19.2. The third-order valence-corrected chi connectivity index (χ3v) is 6.73. The van der Waals surface area contributed by atoms with Crippen molar-refractivity contribution in [3.63, 3.8) is 0 Å². The van der Waals surface area contributed by atoms with Crippen molar-refractivity contribution in [1.82, 2.24) is 8.61 Å². The van der Waals surface area contributed by atoms with Crippen LogP contribution >= 0.6 is 11.6 Å². The average molecular weight is 401 g/mol. The first-order valence-corrected chi connectivity index (χ1v) is 9.99. The van der Waals surface area contributed by atoms with Crippen molar-refractivity contribution in [2.24, 2.45) is 0 Å². The third-order valence-electron chi connectivity index (χ3n) is 4.53. The molecule has 1 saturated heterocycles. The molecule has 0 spiro atoms. The second kappa shape index (κ2) is 7.60. The van der Waals surface area contributed by atoms with Gasteiger partial charge < -0.3 is 0 Å². The Morgan fingerprint density at radius 1 is 1.19 bits per heavy atom. The first-order valence-electron chi connectivity index (χ1n) is 8.21. The molecule has 0 saturated carbocycles. The van der Waals surface area contributed by atoms with Crippen molar-refractivity contribution in [1.29, 1.82) is 0 Å². The quantitative estimate of drug-likeness (QED) is 0.757. The summed E-state index contributed by atoms with van der Waals surface area (Å²) in [5.41, 5.74) is 0.860. The molecule has 1 fully saturated rings. The van der Waals surface area contributed by atoms with Crippen LogP contribution in [0.25, 0.3) is 0 Å². The average Bonchev–Trinajstić information content (AvgIpc) is 3.09. The van der Waals surface area contributed by atoms with E-state index in [2.05, 4.69) is 0 Å². The van der Waals surface area contributed by atoms with Gasteiger partial charge in [0.15, 0.2) is 0 Å². The van der Waals surface area contributed by atoms with Gasteiger partial charge in [0.1, 0.15) is 11.6 Å². The maximum absolute atomic E-state index is 14.2. The summed E-state index contributed by atoms with van der Waals surface area (Å²) in [6.07, 6.45) is 1.04. The Labute approximate surface area is 157 Å². The van der Waals surface area contributed by atoms with Crippen LogP contribution < -0.4 is 0 Å². The van der Waals surface area contributed by atoms with E-state index in [9.17, 15) is 17.2 Å². The van der Waals surface area contributed by atoms with Crippen LogP contribution in [-0.4, -0.2) is 30.6 Å². The predicted molar refractivity (Wildman–Crippen MR) is 96.9 cm³/mol. The number of hydrogen-bond acceptors (Lipinski definition) is 2. The Morgan fingerprint density at radius 3 is 2.58 bits per heavy atom. The lowest BCUT2D eigenvalue weighted by Crippen LogP contribution is -2.41. The zero-order valence-corrected chi connectivity index (χ0v) is 15.8. The summed E-state index contributed by atoms with van der Waals surface area (Å²) in [4.78, 5) is 0. The Morgan fingerprint density at radius 2 is 1.88 bits per heavy atom. The predicted octanol–water partition coefficient (Wildman–Crippen LogP) is 4.13. The summed E-state index contributed by atoms with van der Waals surface area (Å²) < 4.78 is 56.2. The molecule has 1 heterocycles. The molecule has 4 nitrogen and oxygen atoms in total. The highest BCUT2D eigenvalue weighted by atomic mass is 35.5. The van der Waals surface area contributed by atoms with Crippen LogP contribution in [0.5, 0.6) is 0 Å². The molecule has 1 atom stereocenters. The molecule has 2 aromatic carbocycles. The molecule has 1 aliphatic rings. The van der Waals surface area contributed by atoms with E-state index in [1.807, 2.05) is 0 Å². The molecule has 0 amide bonds. The minimum atomic E-state index is -3.83. The summed E-state index contributed by atoms with van der Waals surface area (Å²) in [5, 5.41) is 0.570. The molecule has 0 radical (unpaired) electrons. The number of benzene rings is 2. The summed E-state index contributed by atoms with van der Waals surface area (Å²) >= 11 is 5.85. The van der Waals surface area contributed by atoms with E-state index in [1.165, 1.54) is 15.7 Å². The smallest absolute Gasteiger partial charge is 0.207 e. The van der Waals surface area contributed by atoms with Crippen LogP contribution in [0.3, 0.4) is 0 Å². The van der Waals surface area contributed by atoms with E-state index in [-0.39, 0.29) is 18.7 Å². The molecule has 140 valence electrons. The van der Waals surface area contributed by atoms with Crippen molar-refractivity contribution >= 4 is 21.8 Å². The van der Waals surface area contributed by atoms with Crippen molar-refractivity contribution in [2.75, 3.05) is 13.6 Å². The van der Waals surface area contributed by atoms with Gasteiger partial charge in [-0.3, -0.25) is 0 Å². The van der Waals surface area contributed by atoms with Crippen molar-refractivity contribution in [3.8, 4) is 0 Å². The molecule has 0 aliphatic carbocycles. The Balaban J connectivity index is 1.85. The fourth-order valence-electron chi connectivity index (χ4n) is 3.20. The van der Waals surface area contributed by atoms with Gasteiger partial charge in [0.2, 0.25) is 0 Å². The lowest BCUT2D eigenvalue weighted by Gasteiger charge is -2.29. The minimum absolute atomic E-state index is 0.0750. The van der Waals surface area contributed by atoms with Gasteiger partial charge in [-0.15, -0.1) is 0 Å². The maximum atomic E-state index is 14.2. The monoisotopic (exact) mass is 400 g/mol. The van der Waals surface area contributed by atoms with Gasteiger partial charge in [0.25, 0.3) is 10.2 Å². The van der Waals surface area contributed by atoms with Crippen LogP contribution in [0.2, 0.25) is 5.02 Å². The lowest BCUT2D eigenvalue weighted by atomic mass is 10.0. The van der Waals surface area contributed by atoms with Crippen LogP contribution in [0.4, 0.5) is 8.78 Å². The molecule has 26 heavy (non-hydrogen) atoms. The number of nitrogens with zero attached hydrogens (tertiary/aromatic N) is 2. The summed E-state index contributed by atoms with van der Waals surface area (Å²) in [5.74, 6) is -1.18. The highest BCUT2D eigenvalue weighted by Gasteiger charge is 2.38. The van der Waals surface area contributed by atoms with Gasteiger partial charge in [-0.1, -0.05) is 23.7 Å². The van der Waals surface area contributed by atoms with E-state index < -0.39 is 27.9 Å². The molecule has 0 bridgehead atoms. The van der Waals surface area contributed by atoms with Gasteiger partial charge >= 0.3 is 0 Å². The van der Waals surface area contributed by atoms with Crippen molar-refractivity contribution < 1.29 is 17.2 Å². The topological polar surface area (TPSA) is 40.6 Å². The lowest BCUT2D eigenvalue weighted by molar-refractivity contribution is 0.339. The number of hydrogen-bond donors (Lipinski definition) is 0. The number of rotatable bonds is 5. The first-order chi connectivity index (χ1) is 12.3. The highest BCUT2D eigenvalue weighted by Crippen LogP contribution is 2.36. The fourth-order valence-corrected chi connectivity index (χ4v) is 4.90. The Hall–Kier alpha value is -1.54. The normalized spacial score (nSPS) is 18.6. The number of halogens is 3. The van der Waals surface area contributed by atoms with Crippen LogP contribution in [0.15, 0.2) is 42.5 Å². The standard InChI is InChI=1S/C18H19ClF2N2O2S/c1-22(12-13-4-6-14(19)7-5-13)26(24,25)23-10-2-3-18(23)16-11-15(20)8-9-17(16)21/h4-9,11,18H,2-3,10,12H2,1H3. The summed E-state index contributed by atoms with van der Waals surface area (Å²) in [6.45, 7) is 0.433. The molecule has 1 aliphatic heterocycles. The molecule has 0 aromatic heterocycles. The van der Waals surface area contributed by atoms with E-state index in [1.54, 1.807) is 24.3 Å². The Kier molecular flexibility index (Phi) is 5.62. The van der Waals surface area contributed by atoms with Gasteiger partial charge in [0, 0.05) is 30.7 Å². The zero-order chi connectivity index (χ0) is 18.9. The van der Waals surface area contributed by atoms with Crippen LogP contribution in [0.1, 0.15) is 30.0 Å². The molecule has 3 rings (SSSR count). The molecule has 8 heteroatoms. The highest BCUT2D eigenvalue weighted by molar-refractivity contribution is 7.86. The maximum Gasteiger partial charge on any atom is 0.282 e. The van der Waals surface area contributed by atoms with Gasteiger partial charge in [0.05, 0.1) is 6.04 Å². The van der Waals surface area contributed by atoms with E-state index in [0.717, 1.165) is 23.8 Å². The van der Waals surface area contributed by atoms with Crippen molar-refractivity contribution in [3.05, 3.63) is 70.2 Å². The molecular weight excluding hydrogens is 382 g/mol. The van der Waals surface area contributed by atoms with E-state index in [4.69, 9.17) is 11.6 Å². The molecule has 0 N–H and O–H groups in total. The summed E-state index contributed by atoms with van der Waals surface area (Å²) in [6, 6.07) is 9.32. The molecule has 1 unspecified atom stereocenters. The minimum Gasteiger partial charge on any atom is -0.207 e. The molecule has 2 aromatic rings.